The molecule has 3 rings (SSSR count). The molecule has 2 aromatic carbocycles. The maximum atomic E-state index is 11.0. The van der Waals surface area contributed by atoms with Crippen molar-refractivity contribution in [1.29, 1.82) is 0 Å². The van der Waals surface area contributed by atoms with Gasteiger partial charge in [-0.1, -0.05) is 41.9 Å². The van der Waals surface area contributed by atoms with Crippen LogP contribution in [0.2, 0.25) is 5.02 Å². The number of hydrogen-bond acceptors (Lipinski definition) is 2. The number of carboxylic acids is 1. The number of carbonyl (C=O) groups is 1. The smallest absolute Gasteiger partial charge is 0.311 e. The molecule has 3 aromatic rings. The van der Waals surface area contributed by atoms with Crippen molar-refractivity contribution in [2.45, 2.75) is 6.42 Å². The Bertz CT molecular complexity index is 775. The van der Waals surface area contributed by atoms with Gasteiger partial charge < -0.3 is 9.52 Å². The summed E-state index contributed by atoms with van der Waals surface area (Å²) in [6, 6.07) is 14.9. The van der Waals surface area contributed by atoms with Crippen LogP contribution in [0.5, 0.6) is 0 Å². The molecule has 100 valence electrons. The molecule has 0 saturated carbocycles. The van der Waals surface area contributed by atoms with E-state index >= 15 is 0 Å². The fourth-order valence-electron chi connectivity index (χ4n) is 2.30. The quantitative estimate of drug-likeness (QED) is 0.777. The van der Waals surface area contributed by atoms with Crippen molar-refractivity contribution >= 4 is 28.5 Å². The van der Waals surface area contributed by atoms with Gasteiger partial charge in [-0.25, -0.2) is 0 Å². The SMILES string of the molecule is O=C(O)Cc1oc2ccc(Cl)cc2c1-c1ccccc1. The topological polar surface area (TPSA) is 50.4 Å². The molecule has 1 heterocycles. The average Bonchev–Trinajstić information content (AvgIpc) is 2.76. The zero-order valence-electron chi connectivity index (χ0n) is 10.5. The second kappa shape index (κ2) is 5.02. The summed E-state index contributed by atoms with van der Waals surface area (Å²) in [5.41, 5.74) is 2.36. The lowest BCUT2D eigenvalue weighted by Gasteiger charge is -2.01. The summed E-state index contributed by atoms with van der Waals surface area (Å²) in [6.07, 6.45) is -0.156. The summed E-state index contributed by atoms with van der Waals surface area (Å²) in [5, 5.41) is 10.5. The summed E-state index contributed by atoms with van der Waals surface area (Å²) < 4.78 is 5.68. The summed E-state index contributed by atoms with van der Waals surface area (Å²) in [5.74, 6) is -0.478. The number of halogens is 1. The molecular weight excluding hydrogens is 276 g/mol. The first-order valence-electron chi connectivity index (χ1n) is 6.13. The maximum absolute atomic E-state index is 11.0. The van der Waals surface area contributed by atoms with Gasteiger partial charge in [-0.05, 0) is 23.8 Å². The van der Waals surface area contributed by atoms with Crippen molar-refractivity contribution in [2.24, 2.45) is 0 Å². The zero-order chi connectivity index (χ0) is 14.1. The molecular formula is C16H11ClO3. The van der Waals surface area contributed by atoms with E-state index in [9.17, 15) is 4.79 Å². The van der Waals surface area contributed by atoms with Crippen molar-refractivity contribution in [1.82, 2.24) is 0 Å². The lowest BCUT2D eigenvalue weighted by molar-refractivity contribution is -0.136. The minimum atomic E-state index is -0.924. The van der Waals surface area contributed by atoms with Gasteiger partial charge >= 0.3 is 5.97 Å². The Balaban J connectivity index is 2.30. The van der Waals surface area contributed by atoms with Crippen molar-refractivity contribution in [3.05, 3.63) is 59.3 Å². The molecule has 0 fully saturated rings. The molecule has 0 spiro atoms. The van der Waals surface area contributed by atoms with Gasteiger partial charge in [0, 0.05) is 16.0 Å². The summed E-state index contributed by atoms with van der Waals surface area (Å²) in [6.45, 7) is 0. The van der Waals surface area contributed by atoms with Gasteiger partial charge in [0.05, 0.1) is 0 Å². The van der Waals surface area contributed by atoms with E-state index in [4.69, 9.17) is 21.1 Å². The van der Waals surface area contributed by atoms with E-state index in [0.717, 1.165) is 16.5 Å². The highest BCUT2D eigenvalue weighted by molar-refractivity contribution is 6.31. The lowest BCUT2D eigenvalue weighted by atomic mass is 10.0. The third-order valence-corrected chi connectivity index (χ3v) is 3.33. The highest BCUT2D eigenvalue weighted by atomic mass is 35.5. The van der Waals surface area contributed by atoms with Gasteiger partial charge in [0.1, 0.15) is 17.8 Å². The minimum Gasteiger partial charge on any atom is -0.481 e. The largest absolute Gasteiger partial charge is 0.481 e. The van der Waals surface area contributed by atoms with Crippen LogP contribution in [0.15, 0.2) is 52.9 Å². The van der Waals surface area contributed by atoms with Crippen molar-refractivity contribution in [2.75, 3.05) is 0 Å². The van der Waals surface area contributed by atoms with E-state index in [1.807, 2.05) is 30.3 Å². The van der Waals surface area contributed by atoms with Gasteiger partial charge in [-0.2, -0.15) is 0 Å². The zero-order valence-corrected chi connectivity index (χ0v) is 11.2. The van der Waals surface area contributed by atoms with E-state index in [2.05, 4.69) is 0 Å². The molecule has 1 aromatic heterocycles. The number of rotatable bonds is 3. The molecule has 3 nitrogen and oxygen atoms in total. The third kappa shape index (κ3) is 2.28. The molecule has 0 aliphatic carbocycles. The predicted octanol–water partition coefficient (Wildman–Crippen LogP) is 4.38. The van der Waals surface area contributed by atoms with Gasteiger partial charge in [0.15, 0.2) is 0 Å². The fourth-order valence-corrected chi connectivity index (χ4v) is 2.48. The van der Waals surface area contributed by atoms with Crippen molar-refractivity contribution in [3.8, 4) is 11.1 Å². The van der Waals surface area contributed by atoms with Crippen LogP contribution in [-0.4, -0.2) is 11.1 Å². The second-order valence-corrected chi connectivity index (χ2v) is 4.91. The Morgan fingerprint density at radius 2 is 1.90 bits per heavy atom. The van der Waals surface area contributed by atoms with Crippen LogP contribution in [0.3, 0.4) is 0 Å². The molecule has 20 heavy (non-hydrogen) atoms. The monoisotopic (exact) mass is 286 g/mol. The van der Waals surface area contributed by atoms with Crippen LogP contribution >= 0.6 is 11.6 Å². The molecule has 0 atom stereocenters. The van der Waals surface area contributed by atoms with E-state index < -0.39 is 5.97 Å². The third-order valence-electron chi connectivity index (χ3n) is 3.10. The molecule has 0 aliphatic rings. The van der Waals surface area contributed by atoms with Crippen LogP contribution in [-0.2, 0) is 11.2 Å². The van der Waals surface area contributed by atoms with Crippen molar-refractivity contribution < 1.29 is 14.3 Å². The second-order valence-electron chi connectivity index (χ2n) is 4.48. The summed E-state index contributed by atoms with van der Waals surface area (Å²) in [7, 11) is 0. The Kier molecular flexibility index (Phi) is 3.20. The van der Waals surface area contributed by atoms with Crippen LogP contribution in [0.1, 0.15) is 5.76 Å². The fraction of sp³-hybridized carbons (Fsp3) is 0.0625. The number of carboxylic acid groups (broad SMARTS) is 1. The molecule has 0 amide bonds. The van der Waals surface area contributed by atoms with Crippen LogP contribution in [0, 0.1) is 0 Å². The van der Waals surface area contributed by atoms with E-state index in [1.165, 1.54) is 0 Å². The first kappa shape index (κ1) is 12.8. The van der Waals surface area contributed by atoms with Crippen LogP contribution < -0.4 is 0 Å². The predicted molar refractivity (Wildman–Crippen MR) is 78.0 cm³/mol. The standard InChI is InChI=1S/C16H11ClO3/c17-11-6-7-13-12(8-11)16(10-4-2-1-3-5-10)14(20-13)9-15(18)19/h1-8H,9H2,(H,18,19). The molecule has 4 heteroatoms. The number of benzene rings is 2. The molecule has 0 bridgehead atoms. The molecule has 0 aliphatic heterocycles. The minimum absolute atomic E-state index is 0.156. The molecule has 0 saturated heterocycles. The van der Waals surface area contributed by atoms with Gasteiger partial charge in [0.2, 0.25) is 0 Å². The van der Waals surface area contributed by atoms with E-state index in [0.29, 0.717) is 16.4 Å². The van der Waals surface area contributed by atoms with Crippen LogP contribution in [0.4, 0.5) is 0 Å². The summed E-state index contributed by atoms with van der Waals surface area (Å²) in [4.78, 5) is 11.0. The Morgan fingerprint density at radius 1 is 1.15 bits per heavy atom. The molecule has 0 radical (unpaired) electrons. The summed E-state index contributed by atoms with van der Waals surface area (Å²) >= 11 is 6.04. The van der Waals surface area contributed by atoms with Crippen LogP contribution in [0.25, 0.3) is 22.1 Å². The Hall–Kier alpha value is -2.26. The Labute approximate surface area is 120 Å². The maximum Gasteiger partial charge on any atom is 0.311 e. The lowest BCUT2D eigenvalue weighted by Crippen LogP contribution is -1.99. The van der Waals surface area contributed by atoms with E-state index in [-0.39, 0.29) is 6.42 Å². The van der Waals surface area contributed by atoms with Gasteiger partial charge in [-0.15, -0.1) is 0 Å². The van der Waals surface area contributed by atoms with Crippen molar-refractivity contribution in [3.63, 3.8) is 0 Å². The number of hydrogen-bond donors (Lipinski definition) is 1. The normalized spacial score (nSPS) is 10.8. The van der Waals surface area contributed by atoms with Gasteiger partial charge in [0.25, 0.3) is 0 Å². The number of fused-ring (bicyclic) bond motifs is 1. The highest BCUT2D eigenvalue weighted by Gasteiger charge is 2.18. The number of furan rings is 1. The first-order valence-corrected chi connectivity index (χ1v) is 6.51. The molecule has 0 unspecified atom stereocenters. The van der Waals surface area contributed by atoms with E-state index in [1.54, 1.807) is 18.2 Å². The first-order chi connectivity index (χ1) is 9.65. The van der Waals surface area contributed by atoms with Gasteiger partial charge in [-0.3, -0.25) is 4.79 Å². The highest BCUT2D eigenvalue weighted by Crippen LogP contribution is 2.36. The Morgan fingerprint density at radius 3 is 2.60 bits per heavy atom. The number of aliphatic carboxylic acids is 1. The molecule has 1 N–H and O–H groups in total. The average molecular weight is 287 g/mol.